The van der Waals surface area contributed by atoms with E-state index in [1.54, 1.807) is 0 Å². The average Bonchev–Trinajstić information content (AvgIpc) is 2.72. The predicted molar refractivity (Wildman–Crippen MR) is 82.7 cm³/mol. The highest BCUT2D eigenvalue weighted by molar-refractivity contribution is 5.87. The van der Waals surface area contributed by atoms with Crippen LogP contribution in [0.5, 0.6) is 0 Å². The van der Waals surface area contributed by atoms with Gasteiger partial charge < -0.3 is 5.11 Å². The number of Topliss-reactive ketones (excluding diaryl/α,β-unsaturated/α-hetero) is 1. The number of carbonyl (C=O) groups is 1. The minimum Gasteiger partial charge on any atom is -0.393 e. The van der Waals surface area contributed by atoms with Gasteiger partial charge in [-0.3, -0.25) is 4.79 Å². The first-order chi connectivity index (χ1) is 9.92. The van der Waals surface area contributed by atoms with Crippen molar-refractivity contribution in [3.63, 3.8) is 0 Å². The topological polar surface area (TPSA) is 37.3 Å². The third-order valence-electron chi connectivity index (χ3n) is 8.12. The molecule has 2 nitrogen and oxygen atoms in total. The SMILES string of the molecule is CC12CC(O)CC[C@@H]1C[C@H]1[C@@H](CC[C@@]3(C)C(=O)CC[C@H]13)C2. The van der Waals surface area contributed by atoms with E-state index in [9.17, 15) is 9.90 Å². The minimum atomic E-state index is -0.0651. The van der Waals surface area contributed by atoms with E-state index in [4.69, 9.17) is 0 Å². The van der Waals surface area contributed by atoms with Crippen molar-refractivity contribution in [2.45, 2.75) is 77.7 Å². The maximum absolute atomic E-state index is 12.4. The Balaban J connectivity index is 1.60. The summed E-state index contributed by atoms with van der Waals surface area (Å²) in [5.74, 6) is 3.63. The van der Waals surface area contributed by atoms with E-state index in [1.807, 2.05) is 0 Å². The number of rotatable bonds is 0. The summed E-state index contributed by atoms with van der Waals surface area (Å²) >= 11 is 0. The predicted octanol–water partition coefficient (Wildman–Crippen LogP) is 3.96. The summed E-state index contributed by atoms with van der Waals surface area (Å²) in [6.07, 6.45) is 10.2. The van der Waals surface area contributed by atoms with Gasteiger partial charge in [0.15, 0.2) is 0 Å². The van der Waals surface area contributed by atoms with Gasteiger partial charge in [-0.1, -0.05) is 13.8 Å². The van der Waals surface area contributed by atoms with Crippen molar-refractivity contribution in [3.8, 4) is 0 Å². The normalized spacial score (nSPS) is 56.5. The van der Waals surface area contributed by atoms with Crippen LogP contribution in [0.2, 0.25) is 0 Å². The molecule has 0 aliphatic heterocycles. The molecular weight excluding hydrogens is 260 g/mol. The van der Waals surface area contributed by atoms with Crippen molar-refractivity contribution >= 4 is 5.78 Å². The molecular formula is C19H30O2. The maximum atomic E-state index is 12.4. The van der Waals surface area contributed by atoms with Gasteiger partial charge in [0.25, 0.3) is 0 Å². The van der Waals surface area contributed by atoms with Gasteiger partial charge in [0.1, 0.15) is 5.78 Å². The Hall–Kier alpha value is -0.370. The van der Waals surface area contributed by atoms with Gasteiger partial charge in [-0.25, -0.2) is 0 Å². The first kappa shape index (κ1) is 14.2. The molecule has 2 unspecified atom stereocenters. The second-order valence-corrected chi connectivity index (χ2v) is 9.17. The van der Waals surface area contributed by atoms with Crippen LogP contribution >= 0.6 is 0 Å². The second-order valence-electron chi connectivity index (χ2n) is 9.17. The number of hydrogen-bond donors (Lipinski definition) is 1. The van der Waals surface area contributed by atoms with E-state index in [0.29, 0.717) is 17.1 Å². The fourth-order valence-corrected chi connectivity index (χ4v) is 6.88. The largest absolute Gasteiger partial charge is 0.393 e. The van der Waals surface area contributed by atoms with Crippen LogP contribution in [-0.2, 0) is 4.79 Å². The van der Waals surface area contributed by atoms with E-state index >= 15 is 0 Å². The summed E-state index contributed by atoms with van der Waals surface area (Å²) in [6.45, 7) is 4.70. The zero-order valence-electron chi connectivity index (χ0n) is 13.6. The lowest BCUT2D eigenvalue weighted by atomic mass is 9.48. The van der Waals surface area contributed by atoms with Crippen LogP contribution in [0, 0.1) is 34.5 Å². The molecule has 21 heavy (non-hydrogen) atoms. The molecule has 0 saturated heterocycles. The molecule has 1 N–H and O–H groups in total. The van der Waals surface area contributed by atoms with Crippen LogP contribution in [-0.4, -0.2) is 17.0 Å². The molecule has 2 heteroatoms. The van der Waals surface area contributed by atoms with Crippen LogP contribution in [0.15, 0.2) is 0 Å². The Labute approximate surface area is 128 Å². The van der Waals surface area contributed by atoms with Crippen molar-refractivity contribution < 1.29 is 9.90 Å². The van der Waals surface area contributed by atoms with E-state index in [2.05, 4.69) is 13.8 Å². The Morgan fingerprint density at radius 2 is 1.90 bits per heavy atom. The summed E-state index contributed by atoms with van der Waals surface area (Å²) in [7, 11) is 0. The van der Waals surface area contributed by atoms with Gasteiger partial charge in [0.05, 0.1) is 6.10 Å². The monoisotopic (exact) mass is 290 g/mol. The Morgan fingerprint density at radius 1 is 1.10 bits per heavy atom. The van der Waals surface area contributed by atoms with Crippen LogP contribution < -0.4 is 0 Å². The summed E-state index contributed by atoms with van der Waals surface area (Å²) in [6, 6.07) is 0. The highest BCUT2D eigenvalue weighted by atomic mass is 16.3. The average molecular weight is 290 g/mol. The maximum Gasteiger partial charge on any atom is 0.139 e. The highest BCUT2D eigenvalue weighted by Crippen LogP contribution is 2.63. The molecule has 4 saturated carbocycles. The number of ketones is 1. The van der Waals surface area contributed by atoms with Crippen LogP contribution in [0.4, 0.5) is 0 Å². The van der Waals surface area contributed by atoms with Crippen molar-refractivity contribution in [1.29, 1.82) is 0 Å². The molecule has 7 atom stereocenters. The molecule has 0 bridgehead atoms. The van der Waals surface area contributed by atoms with Gasteiger partial charge >= 0.3 is 0 Å². The quantitative estimate of drug-likeness (QED) is 0.733. The molecule has 118 valence electrons. The molecule has 0 aromatic rings. The van der Waals surface area contributed by atoms with Crippen molar-refractivity contribution in [3.05, 3.63) is 0 Å². The van der Waals surface area contributed by atoms with Crippen LogP contribution in [0.3, 0.4) is 0 Å². The molecule has 0 aromatic carbocycles. The smallest absolute Gasteiger partial charge is 0.139 e. The van der Waals surface area contributed by atoms with Gasteiger partial charge in [0, 0.05) is 11.8 Å². The Bertz CT molecular complexity index is 458. The molecule has 4 rings (SSSR count). The lowest BCUT2D eigenvalue weighted by Crippen LogP contribution is -2.50. The first-order valence-electron chi connectivity index (χ1n) is 9.14. The molecule has 4 fully saturated rings. The number of aliphatic hydroxyl groups excluding tert-OH is 1. The van der Waals surface area contributed by atoms with Crippen LogP contribution in [0.1, 0.15) is 71.6 Å². The fourth-order valence-electron chi connectivity index (χ4n) is 6.88. The Kier molecular flexibility index (Phi) is 3.10. The van der Waals surface area contributed by atoms with E-state index in [-0.39, 0.29) is 11.5 Å². The molecule has 0 radical (unpaired) electrons. The van der Waals surface area contributed by atoms with Crippen molar-refractivity contribution in [2.24, 2.45) is 34.5 Å². The molecule has 0 amide bonds. The lowest BCUT2D eigenvalue weighted by molar-refractivity contribution is -0.135. The number of carbonyl (C=O) groups excluding carboxylic acids is 1. The van der Waals surface area contributed by atoms with Gasteiger partial charge in [-0.15, -0.1) is 0 Å². The number of aliphatic hydroxyl groups is 1. The fraction of sp³-hybridized carbons (Fsp3) is 0.947. The van der Waals surface area contributed by atoms with Gasteiger partial charge in [-0.05, 0) is 80.5 Å². The van der Waals surface area contributed by atoms with Crippen LogP contribution in [0.25, 0.3) is 0 Å². The molecule has 0 spiro atoms. The molecule has 0 heterocycles. The summed E-state index contributed by atoms with van der Waals surface area (Å²) in [5.41, 5.74) is 0.387. The molecule has 4 aliphatic carbocycles. The highest BCUT2D eigenvalue weighted by Gasteiger charge is 2.58. The zero-order chi connectivity index (χ0) is 14.8. The molecule has 4 aliphatic rings. The number of hydrogen-bond acceptors (Lipinski definition) is 2. The van der Waals surface area contributed by atoms with Gasteiger partial charge in [0.2, 0.25) is 0 Å². The van der Waals surface area contributed by atoms with E-state index in [0.717, 1.165) is 49.9 Å². The van der Waals surface area contributed by atoms with Crippen molar-refractivity contribution in [2.75, 3.05) is 0 Å². The standard InChI is InChI=1S/C19H30O2/c1-18-10-12-7-8-19(2)16(5-6-17(19)21)15(12)9-13(18)3-4-14(20)11-18/h12-16,20H,3-11H2,1-2H3/t12-,13+,14?,15-,16+,18?,19+/m0/s1. The molecule has 0 aromatic heterocycles. The third kappa shape index (κ3) is 1.97. The Morgan fingerprint density at radius 3 is 2.71 bits per heavy atom. The summed E-state index contributed by atoms with van der Waals surface area (Å²) in [5, 5.41) is 10.1. The third-order valence-corrected chi connectivity index (χ3v) is 8.12. The summed E-state index contributed by atoms with van der Waals surface area (Å²) in [4.78, 5) is 12.4. The minimum absolute atomic E-state index is 0.0170. The first-order valence-corrected chi connectivity index (χ1v) is 9.14. The summed E-state index contributed by atoms with van der Waals surface area (Å²) < 4.78 is 0. The number of fused-ring (bicyclic) bond motifs is 4. The van der Waals surface area contributed by atoms with Crippen molar-refractivity contribution in [1.82, 2.24) is 0 Å². The van der Waals surface area contributed by atoms with Gasteiger partial charge in [-0.2, -0.15) is 0 Å². The lowest BCUT2D eigenvalue weighted by Gasteiger charge is -2.57. The second kappa shape index (κ2) is 4.57. The zero-order valence-corrected chi connectivity index (χ0v) is 13.6. The van der Waals surface area contributed by atoms with E-state index < -0.39 is 0 Å². The van der Waals surface area contributed by atoms with E-state index in [1.165, 1.54) is 25.7 Å².